The Morgan fingerprint density at radius 1 is 1.50 bits per heavy atom. The number of aromatic nitrogens is 1. The third-order valence-electron chi connectivity index (χ3n) is 2.00. The highest BCUT2D eigenvalue weighted by atomic mass is 16.3. The second-order valence-corrected chi connectivity index (χ2v) is 4.78. The average Bonchev–Trinajstić information content (AvgIpc) is 2.01. The van der Waals surface area contributed by atoms with Crippen molar-refractivity contribution in [3.63, 3.8) is 0 Å². The Balaban J connectivity index is 2.80. The molecule has 0 aliphatic rings. The number of rotatable bonds is 2. The third-order valence-corrected chi connectivity index (χ3v) is 2.00. The first-order chi connectivity index (χ1) is 6.40. The molecule has 0 radical (unpaired) electrons. The van der Waals surface area contributed by atoms with Crippen molar-refractivity contribution in [1.29, 1.82) is 0 Å². The molecule has 0 spiro atoms. The van der Waals surface area contributed by atoms with Crippen LogP contribution in [0, 0.1) is 5.41 Å². The molecule has 0 bridgehead atoms. The summed E-state index contributed by atoms with van der Waals surface area (Å²) in [7, 11) is 0. The number of hydrogen-bond donors (Lipinski definition) is 2. The molecule has 0 unspecified atom stereocenters. The van der Waals surface area contributed by atoms with Crippen LogP contribution in [0.2, 0.25) is 0 Å². The Labute approximate surface area is 85.0 Å². The molecule has 0 aliphatic heterocycles. The van der Waals surface area contributed by atoms with Gasteiger partial charge in [-0.1, -0.05) is 20.8 Å². The molecule has 3 nitrogen and oxygen atoms in total. The molecule has 14 heavy (non-hydrogen) atoms. The van der Waals surface area contributed by atoms with Gasteiger partial charge in [-0.25, -0.2) is 0 Å². The monoisotopic (exact) mass is 194 g/mol. The van der Waals surface area contributed by atoms with Gasteiger partial charge in [-0.3, -0.25) is 4.98 Å². The van der Waals surface area contributed by atoms with Gasteiger partial charge in [-0.15, -0.1) is 0 Å². The van der Waals surface area contributed by atoms with E-state index in [2.05, 4.69) is 25.8 Å². The lowest BCUT2D eigenvalue weighted by molar-refractivity contribution is 0.334. The molecule has 1 aromatic heterocycles. The van der Waals surface area contributed by atoms with E-state index in [0.717, 1.165) is 6.42 Å². The summed E-state index contributed by atoms with van der Waals surface area (Å²) in [6.45, 7) is 6.35. The molecule has 0 saturated carbocycles. The minimum atomic E-state index is -0.198. The van der Waals surface area contributed by atoms with E-state index in [4.69, 9.17) is 5.73 Å². The molecular formula is C11H18N2O. The first-order valence-corrected chi connectivity index (χ1v) is 4.79. The van der Waals surface area contributed by atoms with Gasteiger partial charge in [0.15, 0.2) is 0 Å². The second kappa shape index (κ2) is 3.96. The quantitative estimate of drug-likeness (QED) is 0.759. The maximum absolute atomic E-state index is 9.54. The lowest BCUT2D eigenvalue weighted by Crippen LogP contribution is -2.19. The summed E-state index contributed by atoms with van der Waals surface area (Å²) in [4.78, 5) is 4.09. The van der Waals surface area contributed by atoms with Crippen molar-refractivity contribution in [1.82, 2.24) is 4.98 Å². The molecule has 3 N–H and O–H groups in total. The van der Waals surface area contributed by atoms with Gasteiger partial charge in [0.25, 0.3) is 0 Å². The summed E-state index contributed by atoms with van der Waals surface area (Å²) >= 11 is 0. The molecule has 0 fully saturated rings. The van der Waals surface area contributed by atoms with E-state index < -0.39 is 0 Å². The lowest BCUT2D eigenvalue weighted by atomic mass is 9.87. The lowest BCUT2D eigenvalue weighted by Gasteiger charge is -2.22. The summed E-state index contributed by atoms with van der Waals surface area (Å²) in [5.74, 6) is 0.184. The molecule has 1 aromatic rings. The minimum absolute atomic E-state index is 0.142. The highest BCUT2D eigenvalue weighted by Gasteiger charge is 2.19. The number of hydrogen-bond acceptors (Lipinski definition) is 3. The zero-order chi connectivity index (χ0) is 10.8. The van der Waals surface area contributed by atoms with E-state index in [-0.39, 0.29) is 17.2 Å². The van der Waals surface area contributed by atoms with Crippen LogP contribution in [0.25, 0.3) is 0 Å². The molecule has 0 amide bonds. The van der Waals surface area contributed by atoms with Crippen molar-refractivity contribution in [3.05, 3.63) is 24.0 Å². The van der Waals surface area contributed by atoms with E-state index in [9.17, 15) is 5.11 Å². The fraction of sp³-hybridized carbons (Fsp3) is 0.545. The van der Waals surface area contributed by atoms with Crippen LogP contribution in [-0.4, -0.2) is 10.1 Å². The normalized spacial score (nSPS) is 14.0. The molecule has 1 rings (SSSR count). The number of nitrogens with zero attached hydrogens (tertiary/aromatic N) is 1. The number of aromatic hydroxyl groups is 1. The number of pyridine rings is 1. The van der Waals surface area contributed by atoms with E-state index in [1.807, 2.05) is 0 Å². The molecule has 78 valence electrons. The van der Waals surface area contributed by atoms with Crippen molar-refractivity contribution in [3.8, 4) is 5.75 Å². The fourth-order valence-corrected chi connectivity index (χ4v) is 1.45. The molecule has 1 atom stereocenters. The summed E-state index contributed by atoms with van der Waals surface area (Å²) < 4.78 is 0. The Kier molecular flexibility index (Phi) is 3.11. The van der Waals surface area contributed by atoms with Gasteiger partial charge >= 0.3 is 0 Å². The van der Waals surface area contributed by atoms with Gasteiger partial charge in [0.2, 0.25) is 0 Å². The van der Waals surface area contributed by atoms with Gasteiger partial charge in [0.1, 0.15) is 5.75 Å². The Morgan fingerprint density at radius 3 is 2.64 bits per heavy atom. The van der Waals surface area contributed by atoms with Crippen LogP contribution in [0.3, 0.4) is 0 Å². The number of nitrogens with two attached hydrogens (primary N) is 1. The van der Waals surface area contributed by atoms with Crippen LogP contribution >= 0.6 is 0 Å². The summed E-state index contributed by atoms with van der Waals surface area (Å²) in [5.41, 5.74) is 6.69. The van der Waals surface area contributed by atoms with Crippen molar-refractivity contribution < 1.29 is 5.11 Å². The molecule has 0 aliphatic carbocycles. The van der Waals surface area contributed by atoms with Crippen LogP contribution in [0.1, 0.15) is 38.9 Å². The SMILES string of the molecule is CC(C)(C)C[C@@H](N)c1ncccc1O. The summed E-state index contributed by atoms with van der Waals surface area (Å²) in [6, 6.07) is 3.12. The summed E-state index contributed by atoms with van der Waals surface area (Å²) in [5, 5.41) is 9.54. The zero-order valence-corrected chi connectivity index (χ0v) is 8.99. The first kappa shape index (κ1) is 11.0. The van der Waals surface area contributed by atoms with Gasteiger partial charge in [0.05, 0.1) is 11.7 Å². The topological polar surface area (TPSA) is 59.1 Å². The molecule has 0 aromatic carbocycles. The largest absolute Gasteiger partial charge is 0.506 e. The van der Waals surface area contributed by atoms with Crippen molar-refractivity contribution in [2.24, 2.45) is 11.1 Å². The molecular weight excluding hydrogens is 176 g/mol. The predicted molar refractivity (Wildman–Crippen MR) is 56.9 cm³/mol. The minimum Gasteiger partial charge on any atom is -0.506 e. The van der Waals surface area contributed by atoms with E-state index >= 15 is 0 Å². The average molecular weight is 194 g/mol. The van der Waals surface area contributed by atoms with Crippen LogP contribution in [0.5, 0.6) is 5.75 Å². The Hall–Kier alpha value is -1.09. The zero-order valence-electron chi connectivity index (χ0n) is 8.99. The van der Waals surface area contributed by atoms with Gasteiger partial charge in [0, 0.05) is 6.20 Å². The summed E-state index contributed by atoms with van der Waals surface area (Å²) in [6.07, 6.45) is 2.45. The van der Waals surface area contributed by atoms with E-state index in [0.29, 0.717) is 5.69 Å². The van der Waals surface area contributed by atoms with Crippen LogP contribution in [0.15, 0.2) is 18.3 Å². The van der Waals surface area contributed by atoms with Crippen LogP contribution < -0.4 is 5.73 Å². The second-order valence-electron chi connectivity index (χ2n) is 4.78. The Morgan fingerprint density at radius 2 is 2.14 bits per heavy atom. The van der Waals surface area contributed by atoms with Crippen molar-refractivity contribution in [2.45, 2.75) is 33.2 Å². The highest BCUT2D eigenvalue weighted by molar-refractivity contribution is 5.27. The standard InChI is InChI=1S/C11H18N2O/c1-11(2,3)7-8(12)10-9(14)5-4-6-13-10/h4-6,8,14H,7,12H2,1-3H3/t8-/m1/s1. The first-order valence-electron chi connectivity index (χ1n) is 4.79. The van der Waals surface area contributed by atoms with Gasteiger partial charge in [-0.2, -0.15) is 0 Å². The van der Waals surface area contributed by atoms with Crippen LogP contribution in [-0.2, 0) is 0 Å². The maximum Gasteiger partial charge on any atom is 0.138 e. The molecule has 3 heteroatoms. The smallest absolute Gasteiger partial charge is 0.138 e. The van der Waals surface area contributed by atoms with E-state index in [1.165, 1.54) is 0 Å². The molecule has 1 heterocycles. The van der Waals surface area contributed by atoms with Gasteiger partial charge in [-0.05, 0) is 24.0 Å². The van der Waals surface area contributed by atoms with Crippen LogP contribution in [0.4, 0.5) is 0 Å². The van der Waals surface area contributed by atoms with E-state index in [1.54, 1.807) is 18.3 Å². The third kappa shape index (κ3) is 3.00. The van der Waals surface area contributed by atoms with Crippen molar-refractivity contribution in [2.75, 3.05) is 0 Å². The maximum atomic E-state index is 9.54. The van der Waals surface area contributed by atoms with Gasteiger partial charge < -0.3 is 10.8 Å². The fourth-order valence-electron chi connectivity index (χ4n) is 1.45. The predicted octanol–water partition coefficient (Wildman–Crippen LogP) is 2.22. The highest BCUT2D eigenvalue weighted by Crippen LogP contribution is 2.30. The molecule has 0 saturated heterocycles. The van der Waals surface area contributed by atoms with Crippen molar-refractivity contribution >= 4 is 0 Å². The Bertz CT molecular complexity index is 304.